The molecule has 11 heavy (non-hydrogen) atoms. The number of hydrogen-bond donors (Lipinski definition) is 0. The Kier molecular flexibility index (Phi) is 5.84. The molecule has 66 valence electrons. The van der Waals surface area contributed by atoms with E-state index in [1.54, 1.807) is 0 Å². The average molecular weight is 159 g/mol. The van der Waals surface area contributed by atoms with E-state index >= 15 is 0 Å². The molecule has 0 aliphatic rings. The minimum Gasteiger partial charge on any atom is -0.468 e. The number of unbranched alkanes of at least 4 members (excludes halogenated alkanes) is 1. The fraction of sp³-hybridized carbons (Fsp3) is 0.875. The van der Waals surface area contributed by atoms with Crippen LogP contribution in [0, 0.1) is 0 Å². The van der Waals surface area contributed by atoms with Crippen molar-refractivity contribution in [2.75, 3.05) is 27.2 Å². The van der Waals surface area contributed by atoms with E-state index < -0.39 is 0 Å². The van der Waals surface area contributed by atoms with Gasteiger partial charge in [0.25, 0.3) is 0 Å². The molecule has 0 spiro atoms. The van der Waals surface area contributed by atoms with Crippen molar-refractivity contribution >= 4 is 5.97 Å². The van der Waals surface area contributed by atoms with Crippen LogP contribution in [0.4, 0.5) is 0 Å². The monoisotopic (exact) mass is 159 g/mol. The standard InChI is InChI=1S/C8H17NO2/c1-4-5-6-9(2)7-8(10)11-3/h4-7H2,1-3H3. The van der Waals surface area contributed by atoms with Crippen molar-refractivity contribution in [1.29, 1.82) is 0 Å². The Balaban J connectivity index is 3.35. The summed E-state index contributed by atoms with van der Waals surface area (Å²) >= 11 is 0. The molecule has 3 heteroatoms. The van der Waals surface area contributed by atoms with Gasteiger partial charge in [-0.15, -0.1) is 0 Å². The second-order valence-electron chi connectivity index (χ2n) is 2.67. The average Bonchev–Trinajstić information content (AvgIpc) is 2.00. The molecule has 0 N–H and O–H groups in total. The number of rotatable bonds is 5. The molecule has 0 fully saturated rings. The van der Waals surface area contributed by atoms with Crippen molar-refractivity contribution < 1.29 is 9.53 Å². The number of carbonyl (C=O) groups is 1. The molecule has 0 aromatic rings. The predicted octanol–water partition coefficient (Wildman–Crippen LogP) is 0.891. The predicted molar refractivity (Wildman–Crippen MR) is 44.4 cm³/mol. The van der Waals surface area contributed by atoms with Crippen molar-refractivity contribution in [3.63, 3.8) is 0 Å². The van der Waals surface area contributed by atoms with Crippen LogP contribution in [0.15, 0.2) is 0 Å². The van der Waals surface area contributed by atoms with Crippen molar-refractivity contribution in [1.82, 2.24) is 4.90 Å². The third-order valence-electron chi connectivity index (χ3n) is 1.52. The molecule has 0 bridgehead atoms. The van der Waals surface area contributed by atoms with Gasteiger partial charge in [-0.25, -0.2) is 0 Å². The highest BCUT2D eigenvalue weighted by Crippen LogP contribution is 1.91. The smallest absolute Gasteiger partial charge is 0.319 e. The molecule has 0 aromatic heterocycles. The lowest BCUT2D eigenvalue weighted by molar-refractivity contribution is -0.141. The zero-order chi connectivity index (χ0) is 8.69. The van der Waals surface area contributed by atoms with Crippen LogP contribution >= 0.6 is 0 Å². The molecular weight excluding hydrogens is 142 g/mol. The fourth-order valence-electron chi connectivity index (χ4n) is 0.792. The van der Waals surface area contributed by atoms with Crippen LogP contribution in [0.2, 0.25) is 0 Å². The van der Waals surface area contributed by atoms with Gasteiger partial charge in [0.2, 0.25) is 0 Å². The van der Waals surface area contributed by atoms with E-state index in [0.717, 1.165) is 19.4 Å². The van der Waals surface area contributed by atoms with E-state index in [4.69, 9.17) is 0 Å². The number of nitrogens with zero attached hydrogens (tertiary/aromatic N) is 1. The molecule has 0 atom stereocenters. The van der Waals surface area contributed by atoms with Crippen LogP contribution in [0.25, 0.3) is 0 Å². The summed E-state index contributed by atoms with van der Waals surface area (Å²) in [4.78, 5) is 12.7. The van der Waals surface area contributed by atoms with E-state index in [-0.39, 0.29) is 5.97 Å². The number of methoxy groups -OCH3 is 1. The summed E-state index contributed by atoms with van der Waals surface area (Å²) in [5.74, 6) is -0.163. The molecule has 0 unspecified atom stereocenters. The number of carbonyl (C=O) groups excluding carboxylic acids is 1. The molecule has 0 radical (unpaired) electrons. The van der Waals surface area contributed by atoms with E-state index in [1.165, 1.54) is 7.11 Å². The third kappa shape index (κ3) is 5.85. The molecule has 0 aromatic carbocycles. The summed E-state index contributed by atoms with van der Waals surface area (Å²) in [6.45, 7) is 3.49. The molecule has 0 aliphatic heterocycles. The lowest BCUT2D eigenvalue weighted by atomic mass is 10.3. The van der Waals surface area contributed by atoms with Gasteiger partial charge in [-0.1, -0.05) is 13.3 Å². The minimum atomic E-state index is -0.163. The second-order valence-corrected chi connectivity index (χ2v) is 2.67. The van der Waals surface area contributed by atoms with Crippen molar-refractivity contribution in [3.05, 3.63) is 0 Å². The molecule has 0 saturated heterocycles. The Morgan fingerprint density at radius 1 is 1.55 bits per heavy atom. The van der Waals surface area contributed by atoms with Gasteiger partial charge in [0, 0.05) is 0 Å². The van der Waals surface area contributed by atoms with Crippen molar-refractivity contribution in [2.45, 2.75) is 19.8 Å². The first-order valence-electron chi connectivity index (χ1n) is 3.96. The topological polar surface area (TPSA) is 29.5 Å². The van der Waals surface area contributed by atoms with E-state index in [2.05, 4.69) is 11.7 Å². The second kappa shape index (κ2) is 6.16. The van der Waals surface area contributed by atoms with Gasteiger partial charge in [0.05, 0.1) is 13.7 Å². The maximum Gasteiger partial charge on any atom is 0.319 e. The molecule has 0 saturated carbocycles. The molecule has 0 rings (SSSR count). The molecule has 0 aliphatic carbocycles. The van der Waals surface area contributed by atoms with Gasteiger partial charge in [-0.3, -0.25) is 9.69 Å². The summed E-state index contributed by atoms with van der Waals surface area (Å²) in [7, 11) is 3.34. The number of hydrogen-bond acceptors (Lipinski definition) is 3. The van der Waals surface area contributed by atoms with Gasteiger partial charge in [-0.2, -0.15) is 0 Å². The fourth-order valence-corrected chi connectivity index (χ4v) is 0.792. The van der Waals surface area contributed by atoms with Crippen LogP contribution in [0.3, 0.4) is 0 Å². The highest BCUT2D eigenvalue weighted by atomic mass is 16.5. The van der Waals surface area contributed by atoms with Crippen molar-refractivity contribution in [2.24, 2.45) is 0 Å². The Hall–Kier alpha value is -0.570. The van der Waals surface area contributed by atoms with Gasteiger partial charge in [0.1, 0.15) is 0 Å². The molecular formula is C8H17NO2. The third-order valence-corrected chi connectivity index (χ3v) is 1.52. The highest BCUT2D eigenvalue weighted by Gasteiger charge is 2.03. The van der Waals surface area contributed by atoms with Gasteiger partial charge in [-0.05, 0) is 20.0 Å². The normalized spacial score (nSPS) is 10.2. The highest BCUT2D eigenvalue weighted by molar-refractivity contribution is 5.71. The Bertz CT molecular complexity index is 115. The van der Waals surface area contributed by atoms with E-state index in [9.17, 15) is 4.79 Å². The van der Waals surface area contributed by atoms with Crippen LogP contribution in [-0.2, 0) is 9.53 Å². The zero-order valence-corrected chi connectivity index (χ0v) is 7.59. The maximum absolute atomic E-state index is 10.7. The molecule has 0 amide bonds. The molecule has 0 heterocycles. The summed E-state index contributed by atoms with van der Waals surface area (Å²) in [6.07, 6.45) is 2.29. The Labute approximate surface area is 68.3 Å². The largest absolute Gasteiger partial charge is 0.468 e. The summed E-state index contributed by atoms with van der Waals surface area (Å²) < 4.78 is 4.52. The van der Waals surface area contributed by atoms with Crippen LogP contribution < -0.4 is 0 Å². The zero-order valence-electron chi connectivity index (χ0n) is 7.59. The van der Waals surface area contributed by atoms with Crippen LogP contribution in [0.5, 0.6) is 0 Å². The lowest BCUT2D eigenvalue weighted by Crippen LogP contribution is -2.27. The van der Waals surface area contributed by atoms with Crippen LogP contribution in [0.1, 0.15) is 19.8 Å². The minimum absolute atomic E-state index is 0.163. The first kappa shape index (κ1) is 10.4. The summed E-state index contributed by atoms with van der Waals surface area (Å²) in [5, 5.41) is 0. The van der Waals surface area contributed by atoms with E-state index in [1.807, 2.05) is 11.9 Å². The number of likely N-dealkylation sites (N-methyl/N-ethyl adjacent to an activating group) is 1. The van der Waals surface area contributed by atoms with Gasteiger partial charge >= 0.3 is 5.97 Å². The number of ether oxygens (including phenoxy) is 1. The van der Waals surface area contributed by atoms with Gasteiger partial charge in [0.15, 0.2) is 0 Å². The lowest BCUT2D eigenvalue weighted by Gasteiger charge is -2.13. The summed E-state index contributed by atoms with van der Waals surface area (Å²) in [5.41, 5.74) is 0. The van der Waals surface area contributed by atoms with Crippen molar-refractivity contribution in [3.8, 4) is 0 Å². The van der Waals surface area contributed by atoms with Crippen LogP contribution in [-0.4, -0.2) is 38.1 Å². The number of esters is 1. The quantitative estimate of drug-likeness (QED) is 0.558. The first-order valence-corrected chi connectivity index (χ1v) is 3.96. The molecule has 3 nitrogen and oxygen atoms in total. The Morgan fingerprint density at radius 2 is 2.18 bits per heavy atom. The Morgan fingerprint density at radius 3 is 2.64 bits per heavy atom. The first-order chi connectivity index (χ1) is 5.20. The maximum atomic E-state index is 10.7. The SMILES string of the molecule is CCCCN(C)CC(=O)OC. The summed E-state index contributed by atoms with van der Waals surface area (Å²) in [6, 6.07) is 0. The van der Waals surface area contributed by atoms with E-state index in [0.29, 0.717) is 6.54 Å². The van der Waals surface area contributed by atoms with Gasteiger partial charge < -0.3 is 4.74 Å².